The zero-order valence-corrected chi connectivity index (χ0v) is 11.7. The molecule has 2 heteroatoms. The lowest BCUT2D eigenvalue weighted by Gasteiger charge is -2.13. The molecular formula is C15H25NO. The molecule has 0 bridgehead atoms. The van der Waals surface area contributed by atoms with Crippen LogP contribution < -0.4 is 10.1 Å². The first-order valence-electron chi connectivity index (χ1n) is 6.21. The Morgan fingerprint density at radius 3 is 2.53 bits per heavy atom. The molecule has 0 atom stereocenters. The third-order valence-corrected chi connectivity index (χ3v) is 1.90. The van der Waals surface area contributed by atoms with Crippen LogP contribution in [-0.4, -0.2) is 12.6 Å². The number of ether oxygens (including phenoxy) is 1. The van der Waals surface area contributed by atoms with Crippen molar-refractivity contribution >= 4 is 0 Å². The molecule has 1 N–H and O–H groups in total. The summed E-state index contributed by atoms with van der Waals surface area (Å²) in [6, 6.07) is 8.41. The Kier molecular flexibility index (Phi) is 7.95. The van der Waals surface area contributed by atoms with E-state index in [2.05, 4.69) is 25.7 Å². The molecule has 0 aromatic heterocycles. The van der Waals surface area contributed by atoms with Crippen molar-refractivity contribution in [3.8, 4) is 5.75 Å². The van der Waals surface area contributed by atoms with E-state index < -0.39 is 0 Å². The molecule has 0 fully saturated rings. The molecular weight excluding hydrogens is 210 g/mol. The highest BCUT2D eigenvalue weighted by atomic mass is 16.5. The van der Waals surface area contributed by atoms with Crippen LogP contribution in [0.1, 0.15) is 33.3 Å². The van der Waals surface area contributed by atoms with Crippen LogP contribution in [0.4, 0.5) is 0 Å². The zero-order chi connectivity index (χ0) is 13.3. The van der Waals surface area contributed by atoms with Crippen LogP contribution in [0.5, 0.6) is 5.75 Å². The average molecular weight is 235 g/mol. The van der Waals surface area contributed by atoms with Gasteiger partial charge in [-0.15, -0.1) is 0 Å². The van der Waals surface area contributed by atoms with Gasteiger partial charge in [0.05, 0.1) is 0 Å². The van der Waals surface area contributed by atoms with Gasteiger partial charge < -0.3 is 10.1 Å². The van der Waals surface area contributed by atoms with E-state index in [1.165, 1.54) is 5.56 Å². The Hall–Kier alpha value is -1.44. The van der Waals surface area contributed by atoms with Gasteiger partial charge in [0.15, 0.2) is 0 Å². The fourth-order valence-corrected chi connectivity index (χ4v) is 1.33. The van der Waals surface area contributed by atoms with Crippen LogP contribution in [0.15, 0.2) is 36.5 Å². The van der Waals surface area contributed by atoms with E-state index in [1.54, 1.807) is 0 Å². The first kappa shape index (κ1) is 15.6. The third-order valence-electron chi connectivity index (χ3n) is 1.90. The molecule has 96 valence electrons. The van der Waals surface area contributed by atoms with Gasteiger partial charge in [0, 0.05) is 11.7 Å². The molecule has 0 amide bonds. The van der Waals surface area contributed by atoms with Crippen molar-refractivity contribution in [2.45, 2.75) is 40.7 Å². The van der Waals surface area contributed by atoms with Crippen LogP contribution in [0.2, 0.25) is 0 Å². The first-order valence-corrected chi connectivity index (χ1v) is 6.21. The van der Waals surface area contributed by atoms with Crippen molar-refractivity contribution in [2.24, 2.45) is 0 Å². The van der Waals surface area contributed by atoms with Crippen molar-refractivity contribution in [1.29, 1.82) is 0 Å². The van der Waals surface area contributed by atoms with E-state index in [0.717, 1.165) is 11.4 Å². The van der Waals surface area contributed by atoms with E-state index in [9.17, 15) is 0 Å². The molecule has 0 radical (unpaired) electrons. The van der Waals surface area contributed by atoms with Crippen LogP contribution in [-0.2, 0) is 0 Å². The lowest BCUT2D eigenvalue weighted by Crippen LogP contribution is -2.24. The maximum atomic E-state index is 5.59. The molecule has 2 nitrogen and oxygen atoms in total. The monoisotopic (exact) mass is 235 g/mol. The summed E-state index contributed by atoms with van der Waals surface area (Å²) in [4.78, 5) is 0. The van der Waals surface area contributed by atoms with Gasteiger partial charge in [0.25, 0.3) is 0 Å². The van der Waals surface area contributed by atoms with Crippen LogP contribution >= 0.6 is 0 Å². The standard InChI is InChI=1S/C13H19NO.C2H6/c1-10(2)14-12(4)9-15-13-7-5-6-11(3)8-13;1-2/h5-8,10,14H,4,9H2,1-3H3;1-2H3. The van der Waals surface area contributed by atoms with E-state index in [1.807, 2.05) is 45.0 Å². The number of hydrogen-bond acceptors (Lipinski definition) is 2. The molecule has 17 heavy (non-hydrogen) atoms. The summed E-state index contributed by atoms with van der Waals surface area (Å²) in [5.41, 5.74) is 2.11. The van der Waals surface area contributed by atoms with E-state index in [-0.39, 0.29) is 0 Å². The minimum Gasteiger partial charge on any atom is -0.487 e. The Morgan fingerprint density at radius 2 is 2.00 bits per heavy atom. The van der Waals surface area contributed by atoms with Gasteiger partial charge in [-0.3, -0.25) is 0 Å². The number of hydrogen-bond donors (Lipinski definition) is 1. The highest BCUT2D eigenvalue weighted by Gasteiger charge is 1.98. The van der Waals surface area contributed by atoms with Gasteiger partial charge in [-0.05, 0) is 38.5 Å². The molecule has 0 aliphatic heterocycles. The van der Waals surface area contributed by atoms with E-state index in [0.29, 0.717) is 12.6 Å². The maximum Gasteiger partial charge on any atom is 0.127 e. The Morgan fingerprint density at radius 1 is 1.35 bits per heavy atom. The number of rotatable bonds is 5. The quantitative estimate of drug-likeness (QED) is 0.835. The van der Waals surface area contributed by atoms with Gasteiger partial charge in [0.2, 0.25) is 0 Å². The van der Waals surface area contributed by atoms with Gasteiger partial charge >= 0.3 is 0 Å². The minimum atomic E-state index is 0.401. The third kappa shape index (κ3) is 7.45. The maximum absolute atomic E-state index is 5.59. The highest BCUT2D eigenvalue weighted by molar-refractivity contribution is 5.27. The summed E-state index contributed by atoms with van der Waals surface area (Å²) < 4.78 is 5.59. The van der Waals surface area contributed by atoms with Crippen LogP contribution in [0.3, 0.4) is 0 Å². The normalized spacial score (nSPS) is 9.29. The minimum absolute atomic E-state index is 0.401. The molecule has 0 heterocycles. The predicted molar refractivity (Wildman–Crippen MR) is 75.4 cm³/mol. The van der Waals surface area contributed by atoms with Gasteiger partial charge in [0.1, 0.15) is 12.4 Å². The Labute approximate surface area is 106 Å². The lowest BCUT2D eigenvalue weighted by molar-refractivity contribution is 0.339. The van der Waals surface area contributed by atoms with Crippen molar-refractivity contribution in [2.75, 3.05) is 6.61 Å². The van der Waals surface area contributed by atoms with E-state index in [4.69, 9.17) is 4.74 Å². The molecule has 1 rings (SSSR count). The molecule has 0 aliphatic rings. The second-order valence-electron chi connectivity index (χ2n) is 4.01. The van der Waals surface area contributed by atoms with Crippen molar-refractivity contribution < 1.29 is 4.74 Å². The number of nitrogens with one attached hydrogen (secondary N) is 1. The van der Waals surface area contributed by atoms with Crippen molar-refractivity contribution in [3.63, 3.8) is 0 Å². The lowest BCUT2D eigenvalue weighted by atomic mass is 10.2. The summed E-state index contributed by atoms with van der Waals surface area (Å²) in [5.74, 6) is 0.890. The van der Waals surface area contributed by atoms with Gasteiger partial charge in [-0.2, -0.15) is 0 Å². The van der Waals surface area contributed by atoms with Crippen molar-refractivity contribution in [1.82, 2.24) is 5.32 Å². The molecule has 0 saturated carbocycles. The average Bonchev–Trinajstić information content (AvgIpc) is 2.28. The van der Waals surface area contributed by atoms with Gasteiger partial charge in [-0.25, -0.2) is 0 Å². The van der Waals surface area contributed by atoms with E-state index >= 15 is 0 Å². The zero-order valence-electron chi connectivity index (χ0n) is 11.7. The summed E-state index contributed by atoms with van der Waals surface area (Å²) in [6.07, 6.45) is 0. The fourth-order valence-electron chi connectivity index (χ4n) is 1.33. The second kappa shape index (κ2) is 8.68. The Balaban J connectivity index is 0.00000121. The van der Waals surface area contributed by atoms with Crippen molar-refractivity contribution in [3.05, 3.63) is 42.1 Å². The topological polar surface area (TPSA) is 21.3 Å². The molecule has 0 aliphatic carbocycles. The smallest absolute Gasteiger partial charge is 0.127 e. The van der Waals surface area contributed by atoms with Gasteiger partial charge in [-0.1, -0.05) is 32.6 Å². The molecule has 1 aromatic carbocycles. The Bertz CT molecular complexity index is 331. The SMILES string of the molecule is C=C(COc1cccc(C)c1)NC(C)C.CC. The first-order chi connectivity index (χ1) is 8.08. The molecule has 0 unspecified atom stereocenters. The molecule has 0 saturated heterocycles. The largest absolute Gasteiger partial charge is 0.487 e. The summed E-state index contributed by atoms with van der Waals surface area (Å²) in [7, 11) is 0. The molecule has 0 spiro atoms. The summed E-state index contributed by atoms with van der Waals surface area (Å²) in [5, 5.41) is 3.21. The van der Waals surface area contributed by atoms with Crippen LogP contribution in [0, 0.1) is 6.92 Å². The second-order valence-corrected chi connectivity index (χ2v) is 4.01. The summed E-state index contributed by atoms with van der Waals surface area (Å²) >= 11 is 0. The predicted octanol–water partition coefficient (Wildman–Crippen LogP) is 3.91. The fraction of sp³-hybridized carbons (Fsp3) is 0.467. The molecule has 1 aromatic rings. The number of aryl methyl sites for hydroxylation is 1. The van der Waals surface area contributed by atoms with Crippen LogP contribution in [0.25, 0.3) is 0 Å². The summed E-state index contributed by atoms with van der Waals surface area (Å²) in [6.45, 7) is 14.6. The number of benzene rings is 1. The highest BCUT2D eigenvalue weighted by Crippen LogP contribution is 2.12.